The van der Waals surface area contributed by atoms with E-state index in [1.165, 1.54) is 132 Å². The maximum atomic E-state index is 2.43. The van der Waals surface area contributed by atoms with E-state index in [9.17, 15) is 0 Å². The van der Waals surface area contributed by atoms with Crippen molar-refractivity contribution in [2.45, 2.75) is 5.41 Å². The fourth-order valence-corrected chi connectivity index (χ4v) is 12.3. The first-order chi connectivity index (χ1) is 32.3. The van der Waals surface area contributed by atoms with Crippen LogP contribution in [0.25, 0.3) is 110 Å². The van der Waals surface area contributed by atoms with Crippen LogP contribution in [0.2, 0.25) is 0 Å². The molecule has 0 heteroatoms. The van der Waals surface area contributed by atoms with Gasteiger partial charge in [-0.2, -0.15) is 0 Å². The van der Waals surface area contributed by atoms with Crippen LogP contribution in [0.15, 0.2) is 243 Å². The van der Waals surface area contributed by atoms with Crippen molar-refractivity contribution in [3.8, 4) is 66.8 Å². The van der Waals surface area contributed by atoms with Gasteiger partial charge in [-0.15, -0.1) is 0 Å². The molecule has 0 bridgehead atoms. The molecule has 2 aliphatic carbocycles. The average molecular weight is 821 g/mol. The lowest BCUT2D eigenvalue weighted by Crippen LogP contribution is -2.25. The summed E-state index contributed by atoms with van der Waals surface area (Å²) in [5, 5.41) is 10.1. The van der Waals surface area contributed by atoms with Crippen molar-refractivity contribution >= 4 is 43.1 Å². The van der Waals surface area contributed by atoms with Gasteiger partial charge < -0.3 is 0 Å². The van der Waals surface area contributed by atoms with Crippen molar-refractivity contribution in [3.05, 3.63) is 265 Å². The molecule has 2 aliphatic rings. The summed E-state index contributed by atoms with van der Waals surface area (Å²) in [7, 11) is 0. The van der Waals surface area contributed by atoms with Gasteiger partial charge in [0.05, 0.1) is 5.41 Å². The zero-order valence-corrected chi connectivity index (χ0v) is 35.6. The van der Waals surface area contributed by atoms with Gasteiger partial charge in [0.2, 0.25) is 0 Å². The first-order valence-corrected chi connectivity index (χ1v) is 22.8. The smallest absolute Gasteiger partial charge is 0.0622 e. The fourth-order valence-electron chi connectivity index (χ4n) is 12.3. The number of hydrogen-bond acceptors (Lipinski definition) is 0. The van der Waals surface area contributed by atoms with Crippen LogP contribution < -0.4 is 0 Å². The first kappa shape index (κ1) is 36.2. The predicted molar refractivity (Wildman–Crippen MR) is 275 cm³/mol. The van der Waals surface area contributed by atoms with Gasteiger partial charge in [-0.05, 0) is 132 Å². The van der Waals surface area contributed by atoms with E-state index in [1.54, 1.807) is 0 Å². The number of fused-ring (bicyclic) bond motifs is 14. The number of hydrogen-bond donors (Lipinski definition) is 0. The molecule has 0 fully saturated rings. The molecule has 12 aromatic rings. The third-order valence-electron chi connectivity index (χ3n) is 14.7. The fraction of sp³-hybridized carbons (Fsp3) is 0.0154. The lowest BCUT2D eigenvalue weighted by atomic mass is 9.70. The van der Waals surface area contributed by atoms with E-state index < -0.39 is 5.41 Å². The molecule has 65 heavy (non-hydrogen) atoms. The van der Waals surface area contributed by atoms with Gasteiger partial charge in [-0.1, -0.05) is 243 Å². The van der Waals surface area contributed by atoms with Crippen LogP contribution in [-0.4, -0.2) is 0 Å². The van der Waals surface area contributed by atoms with Gasteiger partial charge in [0.15, 0.2) is 0 Å². The molecule has 14 rings (SSSR count). The second-order valence-corrected chi connectivity index (χ2v) is 17.7. The van der Waals surface area contributed by atoms with E-state index >= 15 is 0 Å². The summed E-state index contributed by atoms with van der Waals surface area (Å²) < 4.78 is 0. The van der Waals surface area contributed by atoms with Crippen molar-refractivity contribution in [3.63, 3.8) is 0 Å². The van der Waals surface area contributed by atoms with Crippen molar-refractivity contribution in [1.82, 2.24) is 0 Å². The minimum absolute atomic E-state index is 0.533. The molecule has 0 nitrogen and oxygen atoms in total. The average Bonchev–Trinajstić information content (AvgIpc) is 3.86. The van der Waals surface area contributed by atoms with Gasteiger partial charge in [-0.25, -0.2) is 0 Å². The van der Waals surface area contributed by atoms with Crippen LogP contribution in [0.3, 0.4) is 0 Å². The van der Waals surface area contributed by atoms with Crippen LogP contribution in [0.1, 0.15) is 22.3 Å². The van der Waals surface area contributed by atoms with Gasteiger partial charge in [0, 0.05) is 0 Å². The van der Waals surface area contributed by atoms with Gasteiger partial charge >= 0.3 is 0 Å². The molecule has 0 unspecified atom stereocenters. The molecule has 1 spiro atoms. The highest BCUT2D eigenvalue weighted by Crippen LogP contribution is 2.66. The Hall–Kier alpha value is -8.32. The third-order valence-corrected chi connectivity index (χ3v) is 14.7. The largest absolute Gasteiger partial charge is 0.0725 e. The molecule has 0 saturated carbocycles. The summed E-state index contributed by atoms with van der Waals surface area (Å²) in [6.07, 6.45) is 0. The second-order valence-electron chi connectivity index (χ2n) is 17.7. The van der Waals surface area contributed by atoms with Crippen molar-refractivity contribution in [1.29, 1.82) is 0 Å². The molecule has 0 heterocycles. The van der Waals surface area contributed by atoms with Crippen LogP contribution >= 0.6 is 0 Å². The molecule has 0 amide bonds. The Morgan fingerprint density at radius 2 is 0.431 bits per heavy atom. The maximum absolute atomic E-state index is 2.43. The lowest BCUT2D eigenvalue weighted by molar-refractivity contribution is 0.794. The lowest BCUT2D eigenvalue weighted by Gasteiger charge is -2.31. The summed E-state index contributed by atoms with van der Waals surface area (Å²) in [4.78, 5) is 0. The molecule has 12 aromatic carbocycles. The minimum Gasteiger partial charge on any atom is -0.0622 e. The van der Waals surface area contributed by atoms with Crippen LogP contribution in [-0.2, 0) is 5.41 Å². The summed E-state index contributed by atoms with van der Waals surface area (Å²) in [6.45, 7) is 0. The third kappa shape index (κ3) is 4.86. The zero-order valence-electron chi connectivity index (χ0n) is 35.6. The van der Waals surface area contributed by atoms with Gasteiger partial charge in [0.25, 0.3) is 0 Å². The van der Waals surface area contributed by atoms with E-state index in [-0.39, 0.29) is 0 Å². The minimum atomic E-state index is -0.533. The Kier molecular flexibility index (Phi) is 7.71. The highest BCUT2D eigenvalue weighted by molar-refractivity contribution is 6.25. The molecule has 0 aliphatic heterocycles. The van der Waals surface area contributed by atoms with E-state index in [0.29, 0.717) is 0 Å². The number of benzene rings is 12. The summed E-state index contributed by atoms with van der Waals surface area (Å²) in [6, 6.07) is 90.9. The molecule has 0 radical (unpaired) electrons. The van der Waals surface area contributed by atoms with Crippen molar-refractivity contribution < 1.29 is 0 Å². The molecule has 300 valence electrons. The van der Waals surface area contributed by atoms with E-state index in [0.717, 1.165) is 0 Å². The molecular weight excluding hydrogens is 781 g/mol. The SMILES string of the molecule is c1ccc(-c2c3ccccc3c(-c3cccc4c3-c3ccccc3C43c4ccccc4-c4c(-c5c6ccccc6c(-c6ccccc6)c6ccccc56)cccc43)c3ccccc23)cc1. The molecular formula is C65H40. The highest BCUT2D eigenvalue weighted by Gasteiger charge is 2.53. The predicted octanol–water partition coefficient (Wildman–Crippen LogP) is 17.3. The topological polar surface area (TPSA) is 0 Å². The normalized spacial score (nSPS) is 13.0. The maximum Gasteiger partial charge on any atom is 0.0725 e. The van der Waals surface area contributed by atoms with E-state index in [2.05, 4.69) is 243 Å². The van der Waals surface area contributed by atoms with Gasteiger partial charge in [-0.3, -0.25) is 0 Å². The monoisotopic (exact) mass is 820 g/mol. The van der Waals surface area contributed by atoms with Crippen LogP contribution in [0.4, 0.5) is 0 Å². The van der Waals surface area contributed by atoms with Gasteiger partial charge in [0.1, 0.15) is 0 Å². The summed E-state index contributed by atoms with van der Waals surface area (Å²) >= 11 is 0. The van der Waals surface area contributed by atoms with E-state index in [1.807, 2.05) is 0 Å². The summed E-state index contributed by atoms with van der Waals surface area (Å²) in [5.74, 6) is 0. The second kappa shape index (κ2) is 13.8. The molecule has 0 saturated heterocycles. The highest BCUT2D eigenvalue weighted by atomic mass is 14.5. The zero-order chi connectivity index (χ0) is 42.6. The quantitative estimate of drug-likeness (QED) is 0.155. The Balaban J connectivity index is 1.09. The standard InChI is InChI=1S/C65H40/c1-3-21-41(22-4-1)59-43-25-7-11-29-47(43)61(48-30-12-8-26-44(48)59)53-35-19-39-57-63(53)51-33-15-17-37-55(51)65(57)56-38-18-16-34-52(56)64-54(36-20-40-58(64)65)62-49-31-13-9-27-45(49)60(42-23-5-2-6-24-42)46-28-10-14-32-50(46)62/h1-40H. The first-order valence-electron chi connectivity index (χ1n) is 22.8. The number of rotatable bonds is 4. The molecule has 0 aromatic heterocycles. The van der Waals surface area contributed by atoms with E-state index in [4.69, 9.17) is 0 Å². The Morgan fingerprint density at radius 1 is 0.169 bits per heavy atom. The van der Waals surface area contributed by atoms with Crippen molar-refractivity contribution in [2.24, 2.45) is 0 Å². The van der Waals surface area contributed by atoms with Crippen molar-refractivity contribution in [2.75, 3.05) is 0 Å². The Morgan fingerprint density at radius 3 is 0.785 bits per heavy atom. The summed E-state index contributed by atoms with van der Waals surface area (Å²) in [5.41, 5.74) is 20.2. The molecule has 0 N–H and O–H groups in total. The van der Waals surface area contributed by atoms with Crippen LogP contribution in [0, 0.1) is 0 Å². The Bertz CT molecular complexity index is 3560. The molecule has 0 atom stereocenters. The van der Waals surface area contributed by atoms with Crippen LogP contribution in [0.5, 0.6) is 0 Å². The Labute approximate surface area is 378 Å².